The third kappa shape index (κ3) is 5.11. The van der Waals surface area contributed by atoms with E-state index < -0.39 is 5.54 Å². The van der Waals surface area contributed by atoms with Crippen LogP contribution in [0.15, 0.2) is 24.3 Å². The van der Waals surface area contributed by atoms with Crippen LogP contribution in [-0.2, 0) is 11.2 Å². The summed E-state index contributed by atoms with van der Waals surface area (Å²) >= 11 is 0. The molecule has 0 saturated carbocycles. The van der Waals surface area contributed by atoms with Crippen LogP contribution in [0.5, 0.6) is 0 Å². The number of hydrogen-bond acceptors (Lipinski definition) is 3. The number of rotatable bonds is 6. The number of benzene rings is 1. The maximum absolute atomic E-state index is 11.7. The van der Waals surface area contributed by atoms with Crippen molar-refractivity contribution >= 4 is 11.6 Å². The highest BCUT2D eigenvalue weighted by Crippen LogP contribution is 2.24. The van der Waals surface area contributed by atoms with Gasteiger partial charge in [-0.15, -0.1) is 0 Å². The predicted octanol–water partition coefficient (Wildman–Crippen LogP) is 3.11. The quantitative estimate of drug-likeness (QED) is 0.845. The highest BCUT2D eigenvalue weighted by Gasteiger charge is 2.25. The molecule has 4 nitrogen and oxygen atoms in total. The van der Waals surface area contributed by atoms with Gasteiger partial charge in [-0.25, -0.2) is 0 Å². The molecule has 0 aliphatic heterocycles. The molecular formula is C17H25N3O. The average Bonchev–Trinajstić information content (AvgIpc) is 2.45. The first-order valence-electron chi connectivity index (χ1n) is 7.21. The zero-order chi connectivity index (χ0) is 16.1. The van der Waals surface area contributed by atoms with E-state index in [1.54, 1.807) is 7.05 Å². The standard InChI is InChI=1S/C17H25N3O/c1-16(2,15(21)19-5)11-10-13-6-8-14(9-7-13)20-17(3,4)12-18/h6-9,20H,10-11H2,1-5H3,(H,19,21). The molecule has 1 amide bonds. The van der Waals surface area contributed by atoms with Gasteiger partial charge in [0.15, 0.2) is 0 Å². The van der Waals surface area contributed by atoms with E-state index in [4.69, 9.17) is 5.26 Å². The number of anilines is 1. The fourth-order valence-electron chi connectivity index (χ4n) is 2.05. The Morgan fingerprint density at radius 2 is 1.76 bits per heavy atom. The maximum atomic E-state index is 11.7. The molecule has 114 valence electrons. The lowest BCUT2D eigenvalue weighted by Crippen LogP contribution is -2.34. The van der Waals surface area contributed by atoms with Gasteiger partial charge in [0, 0.05) is 18.2 Å². The van der Waals surface area contributed by atoms with Crippen molar-refractivity contribution in [2.24, 2.45) is 5.41 Å². The molecule has 0 atom stereocenters. The molecule has 0 radical (unpaired) electrons. The number of carbonyl (C=O) groups excluding carboxylic acids is 1. The third-order valence-electron chi connectivity index (χ3n) is 3.57. The number of carbonyl (C=O) groups is 1. The van der Waals surface area contributed by atoms with Crippen LogP contribution in [-0.4, -0.2) is 18.5 Å². The third-order valence-corrected chi connectivity index (χ3v) is 3.57. The van der Waals surface area contributed by atoms with Gasteiger partial charge in [0.1, 0.15) is 5.54 Å². The summed E-state index contributed by atoms with van der Waals surface area (Å²) in [5, 5.41) is 14.9. The normalized spacial score (nSPS) is 11.6. The molecule has 0 spiro atoms. The van der Waals surface area contributed by atoms with Gasteiger partial charge in [-0.05, 0) is 44.4 Å². The Morgan fingerprint density at radius 3 is 2.24 bits per heavy atom. The summed E-state index contributed by atoms with van der Waals surface area (Å²) in [6.45, 7) is 7.59. The zero-order valence-corrected chi connectivity index (χ0v) is 13.6. The van der Waals surface area contributed by atoms with Crippen LogP contribution in [0.4, 0.5) is 5.69 Å². The summed E-state index contributed by atoms with van der Waals surface area (Å²) in [6, 6.07) is 10.2. The molecule has 0 saturated heterocycles. The highest BCUT2D eigenvalue weighted by atomic mass is 16.2. The number of nitrogens with zero attached hydrogens (tertiary/aromatic N) is 1. The maximum Gasteiger partial charge on any atom is 0.225 e. The lowest BCUT2D eigenvalue weighted by Gasteiger charge is -2.22. The summed E-state index contributed by atoms with van der Waals surface area (Å²) < 4.78 is 0. The fourth-order valence-corrected chi connectivity index (χ4v) is 2.05. The number of aryl methyl sites for hydroxylation is 1. The second kappa shape index (κ2) is 6.62. The fraction of sp³-hybridized carbons (Fsp3) is 0.529. The van der Waals surface area contributed by atoms with Crippen LogP contribution in [0, 0.1) is 16.7 Å². The van der Waals surface area contributed by atoms with Crippen molar-refractivity contribution in [2.45, 2.75) is 46.1 Å². The lowest BCUT2D eigenvalue weighted by atomic mass is 9.85. The molecule has 0 aromatic heterocycles. The van der Waals surface area contributed by atoms with E-state index in [1.165, 1.54) is 5.56 Å². The van der Waals surface area contributed by atoms with Crippen molar-refractivity contribution in [1.29, 1.82) is 5.26 Å². The van der Waals surface area contributed by atoms with E-state index in [0.717, 1.165) is 18.5 Å². The molecule has 1 rings (SSSR count). The summed E-state index contributed by atoms with van der Waals surface area (Å²) in [7, 11) is 1.67. The molecule has 21 heavy (non-hydrogen) atoms. The Bertz CT molecular complexity index is 524. The van der Waals surface area contributed by atoms with Crippen LogP contribution in [0.3, 0.4) is 0 Å². The lowest BCUT2D eigenvalue weighted by molar-refractivity contribution is -0.129. The summed E-state index contributed by atoms with van der Waals surface area (Å²) in [5.74, 6) is 0.0663. The van der Waals surface area contributed by atoms with E-state index in [0.29, 0.717) is 0 Å². The molecule has 4 heteroatoms. The van der Waals surface area contributed by atoms with Gasteiger partial charge >= 0.3 is 0 Å². The van der Waals surface area contributed by atoms with Crippen LogP contribution in [0.1, 0.15) is 39.7 Å². The Kier molecular flexibility index (Phi) is 5.37. The number of hydrogen-bond donors (Lipinski definition) is 2. The largest absolute Gasteiger partial charge is 0.368 e. The second-order valence-electron chi connectivity index (χ2n) is 6.52. The minimum absolute atomic E-state index is 0.0663. The number of nitriles is 1. The number of amides is 1. The van der Waals surface area contributed by atoms with Crippen molar-refractivity contribution in [1.82, 2.24) is 5.32 Å². The van der Waals surface area contributed by atoms with Gasteiger partial charge in [0.25, 0.3) is 0 Å². The summed E-state index contributed by atoms with van der Waals surface area (Å²) in [5.41, 5.74) is 1.17. The first-order chi connectivity index (χ1) is 9.70. The Morgan fingerprint density at radius 1 is 1.19 bits per heavy atom. The molecule has 0 bridgehead atoms. The van der Waals surface area contributed by atoms with Crippen molar-refractivity contribution in [2.75, 3.05) is 12.4 Å². The van der Waals surface area contributed by atoms with E-state index in [1.807, 2.05) is 52.0 Å². The monoisotopic (exact) mass is 287 g/mol. The van der Waals surface area contributed by atoms with Crippen LogP contribution < -0.4 is 10.6 Å². The molecule has 2 N–H and O–H groups in total. The van der Waals surface area contributed by atoms with Gasteiger partial charge in [-0.1, -0.05) is 26.0 Å². The van der Waals surface area contributed by atoms with E-state index >= 15 is 0 Å². The summed E-state index contributed by atoms with van der Waals surface area (Å²) in [6.07, 6.45) is 1.64. The predicted molar refractivity (Wildman–Crippen MR) is 85.9 cm³/mol. The van der Waals surface area contributed by atoms with E-state index in [9.17, 15) is 4.79 Å². The van der Waals surface area contributed by atoms with E-state index in [2.05, 4.69) is 16.7 Å². The molecule has 1 aromatic rings. The van der Waals surface area contributed by atoms with Crippen molar-refractivity contribution in [3.05, 3.63) is 29.8 Å². The van der Waals surface area contributed by atoms with Crippen molar-refractivity contribution in [3.8, 4) is 6.07 Å². The topological polar surface area (TPSA) is 64.9 Å². The first-order valence-corrected chi connectivity index (χ1v) is 7.21. The van der Waals surface area contributed by atoms with Gasteiger partial charge in [-0.2, -0.15) is 5.26 Å². The van der Waals surface area contributed by atoms with Crippen molar-refractivity contribution < 1.29 is 4.79 Å². The molecule has 0 heterocycles. The number of nitrogens with one attached hydrogen (secondary N) is 2. The highest BCUT2D eigenvalue weighted by molar-refractivity contribution is 5.81. The van der Waals surface area contributed by atoms with Crippen LogP contribution in [0.25, 0.3) is 0 Å². The Balaban J connectivity index is 2.64. The minimum atomic E-state index is -0.581. The first kappa shape index (κ1) is 17.0. The molecule has 0 unspecified atom stereocenters. The molecule has 1 aromatic carbocycles. The molecule has 0 aliphatic carbocycles. The second-order valence-corrected chi connectivity index (χ2v) is 6.52. The Labute approximate surface area is 127 Å². The minimum Gasteiger partial charge on any atom is -0.368 e. The van der Waals surface area contributed by atoms with Gasteiger partial charge in [0.05, 0.1) is 6.07 Å². The van der Waals surface area contributed by atoms with E-state index in [-0.39, 0.29) is 11.3 Å². The molecule has 0 fully saturated rings. The van der Waals surface area contributed by atoms with Gasteiger partial charge < -0.3 is 10.6 Å². The smallest absolute Gasteiger partial charge is 0.225 e. The van der Waals surface area contributed by atoms with Gasteiger partial charge in [-0.3, -0.25) is 4.79 Å². The Hall–Kier alpha value is -2.02. The molecule has 0 aliphatic rings. The van der Waals surface area contributed by atoms with Crippen LogP contribution in [0.2, 0.25) is 0 Å². The average molecular weight is 287 g/mol. The summed E-state index contributed by atoms with van der Waals surface area (Å²) in [4.78, 5) is 11.7. The molecular weight excluding hydrogens is 262 g/mol. The van der Waals surface area contributed by atoms with Crippen LogP contribution >= 0.6 is 0 Å². The van der Waals surface area contributed by atoms with Crippen molar-refractivity contribution in [3.63, 3.8) is 0 Å². The van der Waals surface area contributed by atoms with Gasteiger partial charge in [0.2, 0.25) is 5.91 Å². The SMILES string of the molecule is CNC(=O)C(C)(C)CCc1ccc(NC(C)(C)C#N)cc1. The zero-order valence-electron chi connectivity index (χ0n) is 13.6.